The summed E-state index contributed by atoms with van der Waals surface area (Å²) >= 11 is 12.4. The van der Waals surface area contributed by atoms with E-state index in [-0.39, 0.29) is 11.8 Å². The van der Waals surface area contributed by atoms with E-state index in [1.54, 1.807) is 18.2 Å². The van der Waals surface area contributed by atoms with Gasteiger partial charge in [0.1, 0.15) is 17.1 Å². The lowest BCUT2D eigenvalue weighted by Crippen LogP contribution is -2.32. The number of ether oxygens (including phenoxy) is 1. The Labute approximate surface area is 171 Å². The summed E-state index contributed by atoms with van der Waals surface area (Å²) in [6.07, 6.45) is 2.75. The molecule has 0 bridgehead atoms. The molecule has 1 aliphatic heterocycles. The summed E-state index contributed by atoms with van der Waals surface area (Å²) in [4.78, 5) is 14.0. The fraction of sp³-hybridized carbons (Fsp3) is 0.286. The molecule has 146 valence electrons. The molecule has 2 heterocycles. The van der Waals surface area contributed by atoms with E-state index in [4.69, 9.17) is 32.4 Å². The Balaban J connectivity index is 1.83. The Morgan fingerprint density at radius 3 is 2.75 bits per heavy atom. The van der Waals surface area contributed by atoms with Crippen molar-refractivity contribution in [2.24, 2.45) is 0 Å². The van der Waals surface area contributed by atoms with E-state index in [0.29, 0.717) is 34.2 Å². The molecule has 4 nitrogen and oxygen atoms in total. The van der Waals surface area contributed by atoms with Crippen LogP contribution in [0.3, 0.4) is 0 Å². The third-order valence-corrected chi connectivity index (χ3v) is 5.47. The smallest absolute Gasteiger partial charge is 0.336 e. The Kier molecular flexibility index (Phi) is 5.21. The zero-order chi connectivity index (χ0) is 19.8. The minimum Gasteiger partial charge on any atom is -0.471 e. The number of fused-ring (bicyclic) bond motifs is 3. The van der Waals surface area contributed by atoms with E-state index < -0.39 is 11.4 Å². The van der Waals surface area contributed by atoms with Crippen molar-refractivity contribution >= 4 is 39.9 Å². The highest BCUT2D eigenvalue weighted by Crippen LogP contribution is 2.40. The Morgan fingerprint density at radius 1 is 1.18 bits per heavy atom. The summed E-state index contributed by atoms with van der Waals surface area (Å²) in [7, 11) is 0. The largest absolute Gasteiger partial charge is 0.471 e. The van der Waals surface area contributed by atoms with Gasteiger partial charge >= 0.3 is 5.63 Å². The van der Waals surface area contributed by atoms with Crippen molar-refractivity contribution in [2.45, 2.75) is 32.7 Å². The highest BCUT2D eigenvalue weighted by Gasteiger charge is 2.26. The molecule has 0 saturated heterocycles. The number of anilines is 1. The molecule has 2 aromatic carbocycles. The molecule has 0 amide bonds. The Hall–Kier alpha value is -2.24. The zero-order valence-electron chi connectivity index (χ0n) is 15.2. The van der Waals surface area contributed by atoms with Gasteiger partial charge in [0.2, 0.25) is 0 Å². The molecule has 28 heavy (non-hydrogen) atoms. The summed E-state index contributed by atoms with van der Waals surface area (Å²) in [5.74, 6) is 0.0261. The van der Waals surface area contributed by atoms with Crippen molar-refractivity contribution in [1.29, 1.82) is 0 Å². The van der Waals surface area contributed by atoms with E-state index >= 15 is 0 Å². The normalized spacial score (nSPS) is 13.5. The number of unbranched alkanes of at least 4 members (excludes halogenated alkanes) is 1. The zero-order valence-corrected chi connectivity index (χ0v) is 16.7. The summed E-state index contributed by atoms with van der Waals surface area (Å²) in [5.41, 5.74) is 2.40. The van der Waals surface area contributed by atoms with Gasteiger partial charge in [0, 0.05) is 17.1 Å². The fourth-order valence-electron chi connectivity index (χ4n) is 3.47. The molecule has 0 atom stereocenters. The highest BCUT2D eigenvalue weighted by atomic mass is 35.5. The lowest BCUT2D eigenvalue weighted by Gasteiger charge is -2.31. The van der Waals surface area contributed by atoms with Crippen LogP contribution in [0.25, 0.3) is 11.0 Å². The Morgan fingerprint density at radius 2 is 2.00 bits per heavy atom. The van der Waals surface area contributed by atoms with Crippen LogP contribution < -0.4 is 15.3 Å². The fourth-order valence-corrected chi connectivity index (χ4v) is 3.93. The standard InChI is InChI=1S/C21H18Cl2FNO3/c1-2-3-4-12-7-19(26)28-20-14(12)9-17(23)21-15(20)10-25(11-27-21)13-5-6-18(24)16(22)8-13/h5-9H,2-4,10-11H2,1H3. The van der Waals surface area contributed by atoms with Gasteiger partial charge in [0.25, 0.3) is 0 Å². The van der Waals surface area contributed by atoms with Gasteiger partial charge in [-0.15, -0.1) is 0 Å². The third-order valence-electron chi connectivity index (χ3n) is 4.90. The second kappa shape index (κ2) is 7.64. The van der Waals surface area contributed by atoms with Gasteiger partial charge in [-0.25, -0.2) is 9.18 Å². The molecule has 7 heteroatoms. The second-order valence-electron chi connectivity index (χ2n) is 6.81. The maximum atomic E-state index is 13.5. The minimum absolute atomic E-state index is 0.0348. The molecule has 0 aliphatic carbocycles. The first-order valence-electron chi connectivity index (χ1n) is 9.09. The number of benzene rings is 2. The SMILES string of the molecule is CCCCc1cc(=O)oc2c3c(c(Cl)cc12)OCN(c1ccc(F)c(Cl)c1)C3. The third kappa shape index (κ3) is 3.45. The van der Waals surface area contributed by atoms with Gasteiger partial charge < -0.3 is 14.1 Å². The van der Waals surface area contributed by atoms with E-state index in [1.165, 1.54) is 12.1 Å². The highest BCUT2D eigenvalue weighted by molar-refractivity contribution is 6.33. The van der Waals surface area contributed by atoms with Gasteiger partial charge in [-0.3, -0.25) is 0 Å². The number of aryl methyl sites for hydroxylation is 1. The molecule has 0 spiro atoms. The molecule has 1 aromatic heterocycles. The van der Waals surface area contributed by atoms with E-state index in [1.807, 2.05) is 4.90 Å². The van der Waals surface area contributed by atoms with Gasteiger partial charge in [0.05, 0.1) is 22.2 Å². The first-order valence-corrected chi connectivity index (χ1v) is 9.84. The van der Waals surface area contributed by atoms with Crippen molar-refractivity contribution in [1.82, 2.24) is 0 Å². The monoisotopic (exact) mass is 421 g/mol. The number of rotatable bonds is 4. The predicted molar refractivity (Wildman–Crippen MR) is 109 cm³/mol. The molecule has 0 unspecified atom stereocenters. The van der Waals surface area contributed by atoms with Crippen LogP contribution in [0.5, 0.6) is 5.75 Å². The number of hydrogen-bond donors (Lipinski definition) is 0. The molecule has 0 saturated carbocycles. The molecule has 0 radical (unpaired) electrons. The Bertz CT molecular complexity index is 1110. The van der Waals surface area contributed by atoms with Crippen molar-refractivity contribution in [3.8, 4) is 5.75 Å². The molecular formula is C21H18Cl2FNO3. The van der Waals surface area contributed by atoms with Gasteiger partial charge in [-0.05, 0) is 42.7 Å². The van der Waals surface area contributed by atoms with Gasteiger partial charge in [0.15, 0.2) is 6.73 Å². The lowest BCUT2D eigenvalue weighted by atomic mass is 10.0. The van der Waals surface area contributed by atoms with Crippen LogP contribution in [0, 0.1) is 5.82 Å². The van der Waals surface area contributed by atoms with Crippen LogP contribution in [0.15, 0.2) is 39.5 Å². The molecule has 0 N–H and O–H groups in total. The summed E-state index contributed by atoms with van der Waals surface area (Å²) < 4.78 is 24.9. The predicted octanol–water partition coefficient (Wildman–Crippen LogP) is 5.94. The number of nitrogens with zero attached hydrogens (tertiary/aromatic N) is 1. The quantitative estimate of drug-likeness (QED) is 0.489. The first kappa shape index (κ1) is 19.1. The van der Waals surface area contributed by atoms with E-state index in [9.17, 15) is 9.18 Å². The number of halogens is 3. The molecule has 3 aromatic rings. The van der Waals surface area contributed by atoms with Gasteiger partial charge in [-0.2, -0.15) is 0 Å². The second-order valence-corrected chi connectivity index (χ2v) is 7.62. The number of hydrogen-bond acceptors (Lipinski definition) is 4. The molecule has 1 aliphatic rings. The van der Waals surface area contributed by atoms with Crippen LogP contribution in [0.1, 0.15) is 30.9 Å². The molecule has 0 fully saturated rings. The summed E-state index contributed by atoms with van der Waals surface area (Å²) in [6, 6.07) is 7.81. The maximum absolute atomic E-state index is 13.5. The van der Waals surface area contributed by atoms with Crippen molar-refractivity contribution in [3.05, 3.63) is 67.7 Å². The molecular weight excluding hydrogens is 404 g/mol. The maximum Gasteiger partial charge on any atom is 0.336 e. The van der Waals surface area contributed by atoms with Crippen LogP contribution in [0.2, 0.25) is 10.0 Å². The minimum atomic E-state index is -0.483. The van der Waals surface area contributed by atoms with E-state index in [2.05, 4.69) is 6.92 Å². The van der Waals surface area contributed by atoms with Crippen LogP contribution in [-0.2, 0) is 13.0 Å². The van der Waals surface area contributed by atoms with E-state index in [0.717, 1.165) is 30.2 Å². The van der Waals surface area contributed by atoms with Crippen LogP contribution >= 0.6 is 23.2 Å². The van der Waals surface area contributed by atoms with Crippen LogP contribution in [-0.4, -0.2) is 6.73 Å². The average molecular weight is 422 g/mol. The summed E-state index contributed by atoms with van der Waals surface area (Å²) in [6.45, 7) is 2.72. The first-order chi connectivity index (χ1) is 13.5. The summed E-state index contributed by atoms with van der Waals surface area (Å²) in [5, 5.41) is 1.33. The van der Waals surface area contributed by atoms with Crippen molar-refractivity contribution in [3.63, 3.8) is 0 Å². The average Bonchev–Trinajstić information content (AvgIpc) is 2.69. The molecule has 4 rings (SSSR count). The lowest BCUT2D eigenvalue weighted by molar-refractivity contribution is 0.289. The van der Waals surface area contributed by atoms with Crippen LogP contribution in [0.4, 0.5) is 10.1 Å². The van der Waals surface area contributed by atoms with Gasteiger partial charge in [-0.1, -0.05) is 36.5 Å². The topological polar surface area (TPSA) is 42.7 Å². The van der Waals surface area contributed by atoms with Crippen molar-refractivity contribution < 1.29 is 13.5 Å². The van der Waals surface area contributed by atoms with Crippen molar-refractivity contribution in [2.75, 3.05) is 11.6 Å².